The van der Waals surface area contributed by atoms with Crippen LogP contribution in [-0.2, 0) is 9.47 Å². The molecule has 1 heterocycles. The molecular weight excluding hydrogens is 242 g/mol. The fraction of sp³-hybridized carbons (Fsp3) is 0.500. The van der Waals surface area contributed by atoms with Crippen LogP contribution < -0.4 is 10.5 Å². The summed E-state index contributed by atoms with van der Waals surface area (Å²) >= 11 is 0. The highest BCUT2D eigenvalue weighted by atomic mass is 16.6. The first kappa shape index (κ1) is 14.1. The van der Waals surface area contributed by atoms with E-state index in [1.54, 1.807) is 7.11 Å². The van der Waals surface area contributed by atoms with Crippen molar-refractivity contribution in [2.24, 2.45) is 0 Å². The van der Waals surface area contributed by atoms with Gasteiger partial charge in [0.05, 0.1) is 24.7 Å². The van der Waals surface area contributed by atoms with Crippen molar-refractivity contribution in [1.29, 1.82) is 0 Å². The van der Waals surface area contributed by atoms with Crippen LogP contribution >= 0.6 is 0 Å². The number of nitrogens with zero attached hydrogens (tertiary/aromatic N) is 2. The second-order valence-electron chi connectivity index (χ2n) is 3.27. The maximum absolute atomic E-state index is 10.7. The van der Waals surface area contributed by atoms with Gasteiger partial charge < -0.3 is 19.9 Å². The molecule has 0 amide bonds. The lowest BCUT2D eigenvalue weighted by molar-refractivity contribution is -0.386. The predicted molar refractivity (Wildman–Crippen MR) is 63.5 cm³/mol. The predicted octanol–water partition coefficient (Wildman–Crippen LogP) is 0.614. The van der Waals surface area contributed by atoms with E-state index in [0.29, 0.717) is 13.2 Å². The van der Waals surface area contributed by atoms with Crippen molar-refractivity contribution < 1.29 is 19.1 Å². The Balaban J connectivity index is 2.45. The fourth-order valence-electron chi connectivity index (χ4n) is 1.13. The minimum Gasteiger partial charge on any atom is -0.470 e. The number of anilines is 1. The van der Waals surface area contributed by atoms with Gasteiger partial charge in [-0.05, 0) is 6.07 Å². The van der Waals surface area contributed by atoms with Crippen molar-refractivity contribution in [1.82, 2.24) is 4.98 Å². The molecule has 0 unspecified atom stereocenters. The molecular formula is C10H15N3O5. The molecule has 0 aliphatic carbocycles. The average molecular weight is 257 g/mol. The summed E-state index contributed by atoms with van der Waals surface area (Å²) in [5.41, 5.74) is 5.21. The van der Waals surface area contributed by atoms with E-state index in [1.165, 1.54) is 12.1 Å². The van der Waals surface area contributed by atoms with Crippen LogP contribution in [0.5, 0.6) is 5.88 Å². The van der Waals surface area contributed by atoms with Crippen LogP contribution in [-0.4, -0.2) is 43.4 Å². The van der Waals surface area contributed by atoms with Gasteiger partial charge in [0, 0.05) is 13.2 Å². The minimum absolute atomic E-state index is 0.102. The number of nitrogens with two attached hydrogens (primary N) is 1. The van der Waals surface area contributed by atoms with Crippen LogP contribution in [0.15, 0.2) is 12.1 Å². The lowest BCUT2D eigenvalue weighted by atomic mass is 10.4. The number of hydrogen-bond donors (Lipinski definition) is 1. The molecule has 0 saturated carbocycles. The zero-order valence-electron chi connectivity index (χ0n) is 10.00. The van der Waals surface area contributed by atoms with E-state index < -0.39 is 4.92 Å². The maximum Gasteiger partial charge on any atom is 0.331 e. The first-order valence-corrected chi connectivity index (χ1v) is 5.25. The number of ether oxygens (including phenoxy) is 3. The third-order valence-corrected chi connectivity index (χ3v) is 1.96. The van der Waals surface area contributed by atoms with Gasteiger partial charge in [0.15, 0.2) is 0 Å². The van der Waals surface area contributed by atoms with E-state index in [1.807, 2.05) is 0 Å². The van der Waals surface area contributed by atoms with Gasteiger partial charge in [0.25, 0.3) is 5.88 Å². The summed E-state index contributed by atoms with van der Waals surface area (Å²) in [6, 6.07) is 2.60. The zero-order valence-corrected chi connectivity index (χ0v) is 10.00. The molecule has 100 valence electrons. The zero-order chi connectivity index (χ0) is 13.4. The van der Waals surface area contributed by atoms with E-state index in [4.69, 9.17) is 19.9 Å². The Morgan fingerprint density at radius 2 is 2.06 bits per heavy atom. The van der Waals surface area contributed by atoms with Crippen LogP contribution in [0.2, 0.25) is 0 Å². The Morgan fingerprint density at radius 1 is 1.33 bits per heavy atom. The van der Waals surface area contributed by atoms with Gasteiger partial charge in [0.1, 0.15) is 12.4 Å². The molecule has 0 saturated heterocycles. The molecule has 2 N–H and O–H groups in total. The molecule has 1 aromatic rings. The standard InChI is InChI=1S/C10H15N3O5/c1-16-4-5-17-6-7-18-10-8(13(14)15)2-3-9(11)12-10/h2-3H,4-7H2,1H3,(H2,11,12). The van der Waals surface area contributed by atoms with E-state index in [2.05, 4.69) is 4.98 Å². The van der Waals surface area contributed by atoms with E-state index in [0.717, 1.165) is 0 Å². The fourth-order valence-corrected chi connectivity index (χ4v) is 1.13. The number of methoxy groups -OCH3 is 1. The highest BCUT2D eigenvalue weighted by Crippen LogP contribution is 2.24. The normalized spacial score (nSPS) is 10.3. The second kappa shape index (κ2) is 7.41. The Labute approximate surface area is 104 Å². The topological polar surface area (TPSA) is 110 Å². The molecule has 0 bridgehead atoms. The molecule has 0 aliphatic heterocycles. The number of nitrogen functional groups attached to an aromatic ring is 1. The van der Waals surface area contributed by atoms with Gasteiger partial charge in [-0.25, -0.2) is 0 Å². The van der Waals surface area contributed by atoms with Crippen molar-refractivity contribution in [3.8, 4) is 5.88 Å². The summed E-state index contributed by atoms with van der Waals surface area (Å²) in [6.45, 7) is 1.36. The summed E-state index contributed by atoms with van der Waals surface area (Å²) in [6.07, 6.45) is 0. The van der Waals surface area contributed by atoms with Crippen molar-refractivity contribution in [3.63, 3.8) is 0 Å². The van der Waals surface area contributed by atoms with E-state index in [9.17, 15) is 10.1 Å². The van der Waals surface area contributed by atoms with E-state index in [-0.39, 0.29) is 30.6 Å². The van der Waals surface area contributed by atoms with Gasteiger partial charge in [0.2, 0.25) is 0 Å². The number of hydrogen-bond acceptors (Lipinski definition) is 7. The minimum atomic E-state index is -0.576. The van der Waals surface area contributed by atoms with Crippen LogP contribution in [0.25, 0.3) is 0 Å². The molecule has 0 spiro atoms. The molecule has 0 aromatic carbocycles. The number of pyridine rings is 1. The highest BCUT2D eigenvalue weighted by molar-refractivity contribution is 5.46. The van der Waals surface area contributed by atoms with Crippen LogP contribution in [0.3, 0.4) is 0 Å². The number of nitro groups is 1. The summed E-state index contributed by atoms with van der Waals surface area (Å²) in [5, 5.41) is 10.7. The Kier molecular flexibility index (Phi) is 5.81. The average Bonchev–Trinajstić information content (AvgIpc) is 2.33. The van der Waals surface area contributed by atoms with Gasteiger partial charge in [-0.3, -0.25) is 10.1 Å². The first-order valence-electron chi connectivity index (χ1n) is 5.25. The van der Waals surface area contributed by atoms with Gasteiger partial charge in [-0.15, -0.1) is 0 Å². The third-order valence-electron chi connectivity index (χ3n) is 1.96. The quantitative estimate of drug-likeness (QED) is 0.412. The SMILES string of the molecule is COCCOCCOc1nc(N)ccc1[N+](=O)[O-]. The molecule has 0 atom stereocenters. The van der Waals surface area contributed by atoms with Crippen LogP contribution in [0, 0.1) is 10.1 Å². The Hall–Kier alpha value is -1.93. The van der Waals surface area contributed by atoms with Crippen LogP contribution in [0.4, 0.5) is 11.5 Å². The molecule has 1 rings (SSSR count). The van der Waals surface area contributed by atoms with Gasteiger partial charge >= 0.3 is 5.69 Å². The Morgan fingerprint density at radius 3 is 2.72 bits per heavy atom. The summed E-state index contributed by atoms with van der Waals surface area (Å²) in [4.78, 5) is 13.9. The molecule has 0 fully saturated rings. The van der Waals surface area contributed by atoms with Gasteiger partial charge in [-0.1, -0.05) is 0 Å². The van der Waals surface area contributed by atoms with Crippen LogP contribution in [0.1, 0.15) is 0 Å². The second-order valence-corrected chi connectivity index (χ2v) is 3.27. The molecule has 0 radical (unpaired) electrons. The van der Waals surface area contributed by atoms with Crippen molar-refractivity contribution in [2.45, 2.75) is 0 Å². The summed E-state index contributed by atoms with van der Waals surface area (Å²) in [5.74, 6) is 0.0613. The highest BCUT2D eigenvalue weighted by Gasteiger charge is 2.16. The largest absolute Gasteiger partial charge is 0.470 e. The van der Waals surface area contributed by atoms with E-state index >= 15 is 0 Å². The molecule has 8 nitrogen and oxygen atoms in total. The number of rotatable bonds is 8. The van der Waals surface area contributed by atoms with Crippen molar-refractivity contribution in [3.05, 3.63) is 22.2 Å². The Bertz CT molecular complexity index is 399. The smallest absolute Gasteiger partial charge is 0.331 e. The van der Waals surface area contributed by atoms with Crippen molar-refractivity contribution >= 4 is 11.5 Å². The monoisotopic (exact) mass is 257 g/mol. The first-order chi connectivity index (χ1) is 8.65. The number of aromatic nitrogens is 1. The summed E-state index contributed by atoms with van der Waals surface area (Å²) in [7, 11) is 1.57. The summed E-state index contributed by atoms with van der Waals surface area (Å²) < 4.78 is 15.1. The lowest BCUT2D eigenvalue weighted by Crippen LogP contribution is -2.11. The maximum atomic E-state index is 10.7. The van der Waals surface area contributed by atoms with Gasteiger partial charge in [-0.2, -0.15) is 4.98 Å². The van der Waals surface area contributed by atoms with Crippen molar-refractivity contribution in [2.75, 3.05) is 39.3 Å². The lowest BCUT2D eigenvalue weighted by Gasteiger charge is -2.07. The molecule has 8 heteroatoms. The molecule has 18 heavy (non-hydrogen) atoms. The molecule has 0 aliphatic rings. The third kappa shape index (κ3) is 4.52. The molecule has 1 aromatic heterocycles.